The number of ether oxygens (including phenoxy) is 1. The van der Waals surface area contributed by atoms with E-state index in [1.165, 1.54) is 0 Å². The van der Waals surface area contributed by atoms with Crippen molar-refractivity contribution in [3.8, 4) is 0 Å². The van der Waals surface area contributed by atoms with Gasteiger partial charge in [0.05, 0.1) is 18.3 Å². The topological polar surface area (TPSA) is 21.3 Å². The number of nitrogens with one attached hydrogen (secondary N) is 1. The second-order valence-corrected chi connectivity index (χ2v) is 5.51. The largest absolute Gasteiger partial charge is 0.416 e. The number of rotatable bonds is 3. The van der Waals surface area contributed by atoms with Crippen molar-refractivity contribution in [3.63, 3.8) is 0 Å². The fourth-order valence-corrected chi connectivity index (χ4v) is 3.02. The van der Waals surface area contributed by atoms with E-state index in [9.17, 15) is 17.6 Å². The monoisotopic (exact) mass is 289 g/mol. The van der Waals surface area contributed by atoms with Gasteiger partial charge in [-0.05, 0) is 37.4 Å². The lowest BCUT2D eigenvalue weighted by atomic mass is 10.1. The standard InChI is InChI=1S/C14H15F4NO/c15-11-5-10(14(16,17)18)2-1-9(11)7-20-13-4-8-3-12(13)19-6-8/h1-2,5,8,12-13,19H,3-4,6-7H2. The first-order valence-electron chi connectivity index (χ1n) is 6.64. The van der Waals surface area contributed by atoms with E-state index in [4.69, 9.17) is 4.74 Å². The van der Waals surface area contributed by atoms with Crippen molar-refractivity contribution in [1.29, 1.82) is 0 Å². The van der Waals surface area contributed by atoms with Crippen LogP contribution < -0.4 is 5.32 Å². The van der Waals surface area contributed by atoms with Crippen LogP contribution in [0.5, 0.6) is 0 Å². The van der Waals surface area contributed by atoms with Gasteiger partial charge < -0.3 is 10.1 Å². The maximum absolute atomic E-state index is 13.6. The highest BCUT2D eigenvalue weighted by molar-refractivity contribution is 5.26. The Bertz CT molecular complexity index is 502. The fourth-order valence-electron chi connectivity index (χ4n) is 3.02. The second kappa shape index (κ2) is 5.00. The zero-order chi connectivity index (χ0) is 14.3. The molecule has 2 nitrogen and oxygen atoms in total. The van der Waals surface area contributed by atoms with E-state index in [1.807, 2.05) is 0 Å². The number of halogens is 4. The van der Waals surface area contributed by atoms with Crippen LogP contribution >= 0.6 is 0 Å². The zero-order valence-electron chi connectivity index (χ0n) is 10.7. The lowest BCUT2D eigenvalue weighted by Gasteiger charge is -2.23. The van der Waals surface area contributed by atoms with Crippen LogP contribution in [0.15, 0.2) is 18.2 Å². The van der Waals surface area contributed by atoms with Gasteiger partial charge in [-0.3, -0.25) is 0 Å². The van der Waals surface area contributed by atoms with E-state index in [-0.39, 0.29) is 18.3 Å². The molecule has 110 valence electrons. The fraction of sp³-hybridized carbons (Fsp3) is 0.571. The number of benzene rings is 1. The van der Waals surface area contributed by atoms with Gasteiger partial charge in [0.2, 0.25) is 0 Å². The SMILES string of the molecule is Fc1cc(C(F)(F)F)ccc1COC1CC2CNC1C2. The summed E-state index contributed by atoms with van der Waals surface area (Å²) in [7, 11) is 0. The minimum absolute atomic E-state index is 0.0134. The average Bonchev–Trinajstić information content (AvgIpc) is 2.98. The molecule has 1 heterocycles. The number of piperidine rings is 1. The Balaban J connectivity index is 1.63. The third kappa shape index (κ3) is 2.67. The van der Waals surface area contributed by atoms with Crippen molar-refractivity contribution < 1.29 is 22.3 Å². The molecular formula is C14H15F4NO. The predicted octanol–water partition coefficient (Wildman–Crippen LogP) is 3.11. The van der Waals surface area contributed by atoms with Crippen molar-refractivity contribution in [2.24, 2.45) is 5.92 Å². The lowest BCUT2D eigenvalue weighted by molar-refractivity contribution is -0.137. The van der Waals surface area contributed by atoms with E-state index in [0.717, 1.165) is 31.5 Å². The van der Waals surface area contributed by atoms with Crippen LogP contribution in [0.2, 0.25) is 0 Å². The molecule has 3 atom stereocenters. The van der Waals surface area contributed by atoms with Crippen LogP contribution in [0.4, 0.5) is 17.6 Å². The third-order valence-corrected chi connectivity index (χ3v) is 4.10. The highest BCUT2D eigenvalue weighted by Crippen LogP contribution is 2.34. The molecule has 0 radical (unpaired) electrons. The molecule has 2 bridgehead atoms. The zero-order valence-corrected chi connectivity index (χ0v) is 10.7. The van der Waals surface area contributed by atoms with Crippen molar-refractivity contribution in [1.82, 2.24) is 5.32 Å². The van der Waals surface area contributed by atoms with E-state index >= 15 is 0 Å². The van der Waals surface area contributed by atoms with E-state index in [2.05, 4.69) is 5.32 Å². The molecular weight excluding hydrogens is 274 g/mol. The summed E-state index contributed by atoms with van der Waals surface area (Å²) in [6.07, 6.45) is -2.47. The summed E-state index contributed by atoms with van der Waals surface area (Å²) in [5.74, 6) is -0.251. The average molecular weight is 289 g/mol. The maximum atomic E-state index is 13.6. The molecule has 20 heavy (non-hydrogen) atoms. The van der Waals surface area contributed by atoms with E-state index < -0.39 is 17.6 Å². The second-order valence-electron chi connectivity index (χ2n) is 5.51. The van der Waals surface area contributed by atoms with E-state index in [0.29, 0.717) is 18.0 Å². The summed E-state index contributed by atoms with van der Waals surface area (Å²) in [4.78, 5) is 0. The Kier molecular flexibility index (Phi) is 3.46. The van der Waals surface area contributed by atoms with Crippen LogP contribution in [0, 0.1) is 11.7 Å². The Morgan fingerprint density at radius 3 is 2.60 bits per heavy atom. The molecule has 3 rings (SSSR count). The first-order chi connectivity index (χ1) is 9.43. The Labute approximate surface area is 114 Å². The molecule has 0 amide bonds. The number of hydrogen-bond acceptors (Lipinski definition) is 2. The molecule has 1 saturated heterocycles. The minimum atomic E-state index is -4.52. The van der Waals surface area contributed by atoms with Gasteiger partial charge in [0, 0.05) is 11.6 Å². The quantitative estimate of drug-likeness (QED) is 0.863. The van der Waals surface area contributed by atoms with Gasteiger partial charge in [-0.25, -0.2) is 4.39 Å². The van der Waals surface area contributed by atoms with Crippen LogP contribution in [-0.4, -0.2) is 18.7 Å². The predicted molar refractivity (Wildman–Crippen MR) is 64.5 cm³/mol. The van der Waals surface area contributed by atoms with Crippen molar-refractivity contribution in [2.45, 2.75) is 37.8 Å². The van der Waals surface area contributed by atoms with Crippen LogP contribution in [0.1, 0.15) is 24.0 Å². The molecule has 1 aromatic rings. The highest BCUT2D eigenvalue weighted by Gasteiger charge is 2.40. The molecule has 0 spiro atoms. The normalized spacial score (nSPS) is 29.1. The van der Waals surface area contributed by atoms with E-state index in [1.54, 1.807) is 0 Å². The number of fused-ring (bicyclic) bond motifs is 2. The molecule has 3 unspecified atom stereocenters. The van der Waals surface area contributed by atoms with Crippen molar-refractivity contribution in [3.05, 3.63) is 35.1 Å². The minimum Gasteiger partial charge on any atom is -0.372 e. The van der Waals surface area contributed by atoms with Gasteiger partial charge in [-0.1, -0.05) is 6.07 Å². The Hall–Kier alpha value is -1.14. The summed E-state index contributed by atoms with van der Waals surface area (Å²) >= 11 is 0. The Morgan fingerprint density at radius 1 is 1.25 bits per heavy atom. The molecule has 2 aliphatic rings. The van der Waals surface area contributed by atoms with Crippen molar-refractivity contribution >= 4 is 0 Å². The van der Waals surface area contributed by atoms with Gasteiger partial charge in [0.25, 0.3) is 0 Å². The van der Waals surface area contributed by atoms with Crippen LogP contribution in [-0.2, 0) is 17.5 Å². The molecule has 1 saturated carbocycles. The maximum Gasteiger partial charge on any atom is 0.416 e. The van der Waals surface area contributed by atoms with Gasteiger partial charge in [0.1, 0.15) is 5.82 Å². The van der Waals surface area contributed by atoms with Gasteiger partial charge in [-0.15, -0.1) is 0 Å². The molecule has 2 fully saturated rings. The molecule has 1 aliphatic carbocycles. The lowest BCUT2D eigenvalue weighted by Crippen LogP contribution is -2.38. The summed E-state index contributed by atoms with van der Waals surface area (Å²) in [5.41, 5.74) is -0.805. The van der Waals surface area contributed by atoms with Gasteiger partial charge in [-0.2, -0.15) is 13.2 Å². The first-order valence-corrected chi connectivity index (χ1v) is 6.64. The van der Waals surface area contributed by atoms with Crippen LogP contribution in [0.3, 0.4) is 0 Å². The van der Waals surface area contributed by atoms with Crippen molar-refractivity contribution in [2.75, 3.05) is 6.54 Å². The smallest absolute Gasteiger partial charge is 0.372 e. The molecule has 1 N–H and O–H groups in total. The third-order valence-electron chi connectivity index (χ3n) is 4.10. The summed E-state index contributed by atoms with van der Waals surface area (Å²) in [6, 6.07) is 2.87. The molecule has 1 aromatic carbocycles. The van der Waals surface area contributed by atoms with Gasteiger partial charge >= 0.3 is 6.18 Å². The Morgan fingerprint density at radius 2 is 2.05 bits per heavy atom. The molecule has 1 aliphatic heterocycles. The summed E-state index contributed by atoms with van der Waals surface area (Å²) < 4.78 is 56.6. The summed E-state index contributed by atoms with van der Waals surface area (Å²) in [6.45, 7) is 1.01. The highest BCUT2D eigenvalue weighted by atomic mass is 19.4. The molecule has 0 aromatic heterocycles. The van der Waals surface area contributed by atoms with Crippen LogP contribution in [0.25, 0.3) is 0 Å². The summed E-state index contributed by atoms with van der Waals surface area (Å²) in [5, 5.41) is 3.32. The number of alkyl halides is 3. The molecule has 6 heteroatoms. The number of hydrogen-bond donors (Lipinski definition) is 1. The van der Waals surface area contributed by atoms with Gasteiger partial charge in [0.15, 0.2) is 0 Å². The first kappa shape index (κ1) is 13.8.